The molecule has 0 spiro atoms. The Balaban J connectivity index is 1.96. The molecule has 18 heavy (non-hydrogen) atoms. The fraction of sp³-hybridized carbons (Fsp3) is 0.400. The molecule has 0 saturated heterocycles. The molecule has 0 amide bonds. The average molecular weight is 268 g/mol. The predicted octanol–water partition coefficient (Wildman–Crippen LogP) is 0.173. The molecule has 1 aromatic rings. The summed E-state index contributed by atoms with van der Waals surface area (Å²) in [5.41, 5.74) is 1.19. The van der Waals surface area contributed by atoms with Crippen LogP contribution in [0.15, 0.2) is 15.8 Å². The molecule has 0 fully saturated rings. The van der Waals surface area contributed by atoms with Crippen molar-refractivity contribution in [2.45, 2.75) is 20.5 Å². The number of ether oxygens (including phenoxy) is 1. The van der Waals surface area contributed by atoms with E-state index in [-0.39, 0.29) is 6.61 Å². The number of nitrogens with zero attached hydrogens (tertiary/aromatic N) is 2. The maximum absolute atomic E-state index is 11.8. The molecule has 7 nitrogen and oxygen atoms in total. The Morgan fingerprint density at radius 3 is 2.94 bits per heavy atom. The van der Waals surface area contributed by atoms with Gasteiger partial charge in [-0.05, 0) is 19.1 Å². The van der Waals surface area contributed by atoms with Crippen LogP contribution >= 0.6 is 12.2 Å². The molecule has 1 aliphatic heterocycles. The standard InChI is InChI=1S/C10H12N4O3S/c1-5-7(3-11-10(18)12-5)9(15)16-4-8-13-6(2)17-14-8/h3-4H2,1-2H3,(H2,11,12,18). The molecular weight excluding hydrogens is 256 g/mol. The van der Waals surface area contributed by atoms with Gasteiger partial charge in [0, 0.05) is 12.6 Å². The summed E-state index contributed by atoms with van der Waals surface area (Å²) >= 11 is 4.93. The number of hydrogen-bond donors (Lipinski definition) is 2. The third kappa shape index (κ3) is 2.83. The zero-order valence-electron chi connectivity index (χ0n) is 9.94. The molecule has 1 aliphatic rings. The van der Waals surface area contributed by atoms with Crippen LogP contribution in [-0.4, -0.2) is 27.8 Å². The molecule has 0 radical (unpaired) electrons. The summed E-state index contributed by atoms with van der Waals surface area (Å²) in [6, 6.07) is 0. The zero-order valence-corrected chi connectivity index (χ0v) is 10.8. The number of nitrogens with one attached hydrogen (secondary N) is 2. The number of carbonyl (C=O) groups is 1. The second kappa shape index (κ2) is 5.13. The topological polar surface area (TPSA) is 89.3 Å². The first kappa shape index (κ1) is 12.5. The molecule has 1 aromatic heterocycles. The normalized spacial score (nSPS) is 15.1. The van der Waals surface area contributed by atoms with Gasteiger partial charge in [-0.1, -0.05) is 5.16 Å². The van der Waals surface area contributed by atoms with Crippen molar-refractivity contribution in [3.8, 4) is 0 Å². The van der Waals surface area contributed by atoms with E-state index < -0.39 is 5.97 Å². The Bertz CT molecular complexity index is 523. The van der Waals surface area contributed by atoms with Crippen molar-refractivity contribution in [2.24, 2.45) is 0 Å². The smallest absolute Gasteiger partial charge is 0.338 e. The minimum Gasteiger partial charge on any atom is -0.454 e. The lowest BCUT2D eigenvalue weighted by molar-refractivity contribution is -0.140. The summed E-state index contributed by atoms with van der Waals surface area (Å²) in [4.78, 5) is 15.7. The highest BCUT2D eigenvalue weighted by molar-refractivity contribution is 7.80. The lowest BCUT2D eigenvalue weighted by Crippen LogP contribution is -2.42. The molecule has 0 bridgehead atoms. The van der Waals surface area contributed by atoms with Crippen molar-refractivity contribution in [1.29, 1.82) is 0 Å². The van der Waals surface area contributed by atoms with Crippen LogP contribution in [0.2, 0.25) is 0 Å². The highest BCUT2D eigenvalue weighted by atomic mass is 32.1. The van der Waals surface area contributed by atoms with Gasteiger partial charge >= 0.3 is 5.97 Å². The average Bonchev–Trinajstić information content (AvgIpc) is 2.72. The second-order valence-electron chi connectivity index (χ2n) is 3.72. The molecule has 0 aromatic carbocycles. The molecule has 0 aliphatic carbocycles. The SMILES string of the molecule is CC1=C(C(=O)OCc2noc(C)n2)CNC(=S)N1. The van der Waals surface area contributed by atoms with Gasteiger partial charge in [0.2, 0.25) is 11.7 Å². The molecule has 0 saturated carbocycles. The first-order chi connectivity index (χ1) is 8.56. The van der Waals surface area contributed by atoms with Crippen molar-refractivity contribution in [3.05, 3.63) is 23.0 Å². The quantitative estimate of drug-likeness (QED) is 0.592. The number of esters is 1. The minimum absolute atomic E-state index is 0.0165. The van der Waals surface area contributed by atoms with E-state index in [9.17, 15) is 4.79 Å². The Morgan fingerprint density at radius 2 is 2.33 bits per heavy atom. The van der Waals surface area contributed by atoms with Gasteiger partial charge in [0.05, 0.1) is 12.1 Å². The summed E-state index contributed by atoms with van der Waals surface area (Å²) in [7, 11) is 0. The summed E-state index contributed by atoms with van der Waals surface area (Å²) in [5, 5.41) is 9.85. The van der Waals surface area contributed by atoms with Crippen molar-refractivity contribution in [1.82, 2.24) is 20.8 Å². The Labute approximate surface area is 109 Å². The number of hydrogen-bond acceptors (Lipinski definition) is 6. The van der Waals surface area contributed by atoms with Gasteiger partial charge in [-0.25, -0.2) is 4.79 Å². The number of aromatic nitrogens is 2. The highest BCUT2D eigenvalue weighted by Crippen LogP contribution is 2.08. The van der Waals surface area contributed by atoms with Crippen molar-refractivity contribution in [3.63, 3.8) is 0 Å². The molecule has 0 unspecified atom stereocenters. The molecule has 96 valence electrons. The van der Waals surface area contributed by atoms with Crippen molar-refractivity contribution in [2.75, 3.05) is 6.54 Å². The largest absolute Gasteiger partial charge is 0.454 e. The van der Waals surface area contributed by atoms with Gasteiger partial charge < -0.3 is 19.9 Å². The number of carbonyl (C=O) groups excluding carboxylic acids is 1. The summed E-state index contributed by atoms with van der Waals surface area (Å²) in [5.74, 6) is 0.339. The fourth-order valence-corrected chi connectivity index (χ4v) is 1.66. The van der Waals surface area contributed by atoms with Crippen molar-refractivity contribution >= 4 is 23.3 Å². The van der Waals surface area contributed by atoms with Gasteiger partial charge in [-0.15, -0.1) is 0 Å². The Kier molecular flexibility index (Phi) is 3.56. The first-order valence-electron chi connectivity index (χ1n) is 5.27. The fourth-order valence-electron chi connectivity index (χ4n) is 1.43. The van der Waals surface area contributed by atoms with E-state index in [1.807, 2.05) is 0 Å². The third-order valence-corrected chi connectivity index (χ3v) is 2.57. The van der Waals surface area contributed by atoms with Crippen LogP contribution in [0.25, 0.3) is 0 Å². The van der Waals surface area contributed by atoms with Crippen LogP contribution in [-0.2, 0) is 16.1 Å². The van der Waals surface area contributed by atoms with Crippen LogP contribution < -0.4 is 10.6 Å². The lowest BCUT2D eigenvalue weighted by Gasteiger charge is -2.20. The van der Waals surface area contributed by atoms with E-state index in [1.54, 1.807) is 13.8 Å². The maximum atomic E-state index is 11.8. The van der Waals surface area contributed by atoms with Gasteiger partial charge in [0.1, 0.15) is 0 Å². The maximum Gasteiger partial charge on any atom is 0.338 e. The predicted molar refractivity (Wildman–Crippen MR) is 65.3 cm³/mol. The Hall–Kier alpha value is -1.96. The lowest BCUT2D eigenvalue weighted by atomic mass is 10.2. The summed E-state index contributed by atoms with van der Waals surface area (Å²) in [6.45, 7) is 3.77. The number of aryl methyl sites for hydroxylation is 1. The number of allylic oxidation sites excluding steroid dienone is 1. The Morgan fingerprint density at radius 1 is 1.56 bits per heavy atom. The summed E-state index contributed by atoms with van der Waals surface area (Å²) in [6.07, 6.45) is 0. The van der Waals surface area contributed by atoms with E-state index in [0.717, 1.165) is 0 Å². The number of thiocarbonyl (C=S) groups is 1. The highest BCUT2D eigenvalue weighted by Gasteiger charge is 2.20. The van der Waals surface area contributed by atoms with Crippen LogP contribution in [0.5, 0.6) is 0 Å². The molecule has 0 atom stereocenters. The van der Waals surface area contributed by atoms with Gasteiger partial charge in [-0.2, -0.15) is 4.98 Å². The first-order valence-corrected chi connectivity index (χ1v) is 5.68. The summed E-state index contributed by atoms with van der Waals surface area (Å²) < 4.78 is 9.85. The molecule has 2 rings (SSSR count). The van der Waals surface area contributed by atoms with Crippen molar-refractivity contribution < 1.29 is 14.1 Å². The van der Waals surface area contributed by atoms with Crippen LogP contribution in [0, 0.1) is 6.92 Å². The molecule has 8 heteroatoms. The minimum atomic E-state index is -0.433. The molecule has 2 N–H and O–H groups in total. The van der Waals surface area contributed by atoms with E-state index in [2.05, 4.69) is 20.8 Å². The van der Waals surface area contributed by atoms with Crippen LogP contribution in [0.4, 0.5) is 0 Å². The van der Waals surface area contributed by atoms with Crippen LogP contribution in [0.1, 0.15) is 18.6 Å². The zero-order chi connectivity index (χ0) is 13.1. The van der Waals surface area contributed by atoms with Gasteiger partial charge in [0.25, 0.3) is 0 Å². The number of rotatable bonds is 3. The van der Waals surface area contributed by atoms with E-state index in [0.29, 0.717) is 34.6 Å². The van der Waals surface area contributed by atoms with E-state index >= 15 is 0 Å². The monoisotopic (exact) mass is 268 g/mol. The third-order valence-electron chi connectivity index (χ3n) is 2.33. The van der Waals surface area contributed by atoms with Crippen LogP contribution in [0.3, 0.4) is 0 Å². The van der Waals surface area contributed by atoms with Gasteiger partial charge in [0.15, 0.2) is 11.7 Å². The molecule has 2 heterocycles. The van der Waals surface area contributed by atoms with Gasteiger partial charge in [-0.3, -0.25) is 0 Å². The second-order valence-corrected chi connectivity index (χ2v) is 4.13. The van der Waals surface area contributed by atoms with E-state index in [4.69, 9.17) is 21.5 Å². The van der Waals surface area contributed by atoms with E-state index in [1.165, 1.54) is 0 Å². The molecular formula is C10H12N4O3S.